The van der Waals surface area contributed by atoms with Crippen molar-refractivity contribution in [2.45, 2.75) is 12.5 Å². The monoisotopic (exact) mass is 333 g/mol. The first kappa shape index (κ1) is 15.5. The second kappa shape index (κ2) is 6.48. The summed E-state index contributed by atoms with van der Waals surface area (Å²) in [4.78, 5) is 14.9. The van der Waals surface area contributed by atoms with Gasteiger partial charge in [0.2, 0.25) is 0 Å². The maximum atomic E-state index is 13.0. The molecule has 3 aromatic rings. The molecule has 126 valence electrons. The molecule has 0 fully saturated rings. The summed E-state index contributed by atoms with van der Waals surface area (Å²) in [6, 6.07) is 19.6. The van der Waals surface area contributed by atoms with Crippen LogP contribution in [0.15, 0.2) is 71.3 Å². The Morgan fingerprint density at radius 3 is 2.60 bits per heavy atom. The highest BCUT2D eigenvalue weighted by molar-refractivity contribution is 5.92. The Hall–Kier alpha value is -3.01. The van der Waals surface area contributed by atoms with Crippen molar-refractivity contribution in [3.8, 4) is 5.75 Å². The number of amides is 1. The second-order valence-electron chi connectivity index (χ2n) is 6.10. The van der Waals surface area contributed by atoms with E-state index in [0.29, 0.717) is 12.3 Å². The van der Waals surface area contributed by atoms with Crippen molar-refractivity contribution in [3.63, 3.8) is 0 Å². The van der Waals surface area contributed by atoms with E-state index in [-0.39, 0.29) is 11.9 Å². The fraction of sp³-hybridized carbons (Fsp3) is 0.190. The number of hydrogen-bond acceptors (Lipinski definition) is 3. The van der Waals surface area contributed by atoms with E-state index >= 15 is 0 Å². The second-order valence-corrected chi connectivity index (χ2v) is 6.10. The van der Waals surface area contributed by atoms with E-state index < -0.39 is 0 Å². The number of ether oxygens (including phenoxy) is 1. The Morgan fingerprint density at radius 1 is 1.08 bits per heavy atom. The maximum absolute atomic E-state index is 13.0. The van der Waals surface area contributed by atoms with E-state index in [2.05, 4.69) is 12.1 Å². The molecule has 2 aromatic carbocycles. The Labute approximate surface area is 146 Å². The van der Waals surface area contributed by atoms with Crippen molar-refractivity contribution in [2.75, 3.05) is 13.7 Å². The SMILES string of the molecule is COc1ccc(C2c3ccccc3CCN2C(=O)c2ccco2)cc1. The van der Waals surface area contributed by atoms with Crippen LogP contribution in [0.5, 0.6) is 5.75 Å². The van der Waals surface area contributed by atoms with E-state index in [9.17, 15) is 4.79 Å². The van der Waals surface area contributed by atoms with Gasteiger partial charge in [-0.2, -0.15) is 0 Å². The molecule has 4 heteroatoms. The summed E-state index contributed by atoms with van der Waals surface area (Å²) in [5.74, 6) is 1.09. The summed E-state index contributed by atoms with van der Waals surface area (Å²) in [5, 5.41) is 0. The lowest BCUT2D eigenvalue weighted by Gasteiger charge is -2.37. The number of rotatable bonds is 3. The normalized spacial score (nSPS) is 16.4. The fourth-order valence-corrected chi connectivity index (χ4v) is 3.47. The number of benzene rings is 2. The van der Waals surface area contributed by atoms with Gasteiger partial charge in [0, 0.05) is 6.54 Å². The van der Waals surface area contributed by atoms with Crippen LogP contribution in [0.1, 0.15) is 33.3 Å². The highest BCUT2D eigenvalue weighted by Crippen LogP contribution is 2.36. The summed E-state index contributed by atoms with van der Waals surface area (Å²) in [6.45, 7) is 0.660. The molecule has 0 radical (unpaired) electrons. The highest BCUT2D eigenvalue weighted by atomic mass is 16.5. The van der Waals surface area contributed by atoms with Crippen LogP contribution in [0.2, 0.25) is 0 Å². The van der Waals surface area contributed by atoms with Gasteiger partial charge in [-0.3, -0.25) is 4.79 Å². The summed E-state index contributed by atoms with van der Waals surface area (Å²) < 4.78 is 10.6. The maximum Gasteiger partial charge on any atom is 0.290 e. The van der Waals surface area contributed by atoms with Gasteiger partial charge in [-0.1, -0.05) is 36.4 Å². The van der Waals surface area contributed by atoms with Gasteiger partial charge in [-0.15, -0.1) is 0 Å². The van der Waals surface area contributed by atoms with Gasteiger partial charge in [0.1, 0.15) is 5.75 Å². The molecule has 0 N–H and O–H groups in total. The zero-order chi connectivity index (χ0) is 17.2. The van der Waals surface area contributed by atoms with Crippen molar-refractivity contribution in [1.82, 2.24) is 4.90 Å². The number of carbonyl (C=O) groups is 1. The van der Waals surface area contributed by atoms with Crippen LogP contribution in [-0.4, -0.2) is 24.5 Å². The van der Waals surface area contributed by atoms with Crippen molar-refractivity contribution < 1.29 is 13.9 Å². The van der Waals surface area contributed by atoms with Gasteiger partial charge >= 0.3 is 0 Å². The molecule has 4 nitrogen and oxygen atoms in total. The number of furan rings is 1. The Bertz CT molecular complexity index is 868. The van der Waals surface area contributed by atoms with E-state index in [1.807, 2.05) is 41.3 Å². The zero-order valence-electron chi connectivity index (χ0n) is 14.0. The van der Waals surface area contributed by atoms with E-state index in [1.165, 1.54) is 17.4 Å². The first-order valence-electron chi connectivity index (χ1n) is 8.34. The van der Waals surface area contributed by atoms with E-state index in [0.717, 1.165) is 17.7 Å². The fourth-order valence-electron chi connectivity index (χ4n) is 3.47. The van der Waals surface area contributed by atoms with Gasteiger partial charge in [-0.05, 0) is 47.4 Å². The molecule has 0 aliphatic carbocycles. The number of carbonyl (C=O) groups excluding carboxylic acids is 1. The molecule has 0 saturated carbocycles. The van der Waals surface area contributed by atoms with Crippen molar-refractivity contribution in [2.24, 2.45) is 0 Å². The molecule has 1 unspecified atom stereocenters. The minimum absolute atomic E-state index is 0.0830. The van der Waals surface area contributed by atoms with Crippen LogP contribution >= 0.6 is 0 Å². The molecule has 1 aliphatic heterocycles. The van der Waals surface area contributed by atoms with Crippen LogP contribution < -0.4 is 4.74 Å². The van der Waals surface area contributed by atoms with Crippen LogP contribution in [0.25, 0.3) is 0 Å². The van der Waals surface area contributed by atoms with Gasteiger partial charge in [0.25, 0.3) is 5.91 Å². The predicted octanol–water partition coefficient (Wildman–Crippen LogP) is 4.08. The average molecular weight is 333 g/mol. The number of hydrogen-bond donors (Lipinski definition) is 0. The predicted molar refractivity (Wildman–Crippen MR) is 94.7 cm³/mol. The van der Waals surface area contributed by atoms with E-state index in [1.54, 1.807) is 19.2 Å². The molecule has 25 heavy (non-hydrogen) atoms. The Balaban J connectivity index is 1.79. The zero-order valence-corrected chi connectivity index (χ0v) is 14.0. The molecular formula is C21H19NO3. The molecule has 0 spiro atoms. The van der Waals surface area contributed by atoms with Gasteiger partial charge in [-0.25, -0.2) is 0 Å². The summed E-state index contributed by atoms with van der Waals surface area (Å²) in [5.41, 5.74) is 3.51. The topological polar surface area (TPSA) is 42.7 Å². The molecule has 1 amide bonds. The Kier molecular flexibility index (Phi) is 4.02. The molecule has 4 rings (SSSR count). The van der Waals surface area contributed by atoms with E-state index in [4.69, 9.17) is 9.15 Å². The molecule has 1 aromatic heterocycles. The lowest BCUT2D eigenvalue weighted by Crippen LogP contribution is -2.40. The van der Waals surface area contributed by atoms with Crippen molar-refractivity contribution in [1.29, 1.82) is 0 Å². The molecule has 2 heterocycles. The molecule has 1 aliphatic rings. The van der Waals surface area contributed by atoms with Crippen LogP contribution in [0.3, 0.4) is 0 Å². The average Bonchev–Trinajstić information content (AvgIpc) is 3.21. The first-order valence-corrected chi connectivity index (χ1v) is 8.34. The largest absolute Gasteiger partial charge is 0.497 e. The van der Waals surface area contributed by atoms with Crippen LogP contribution in [-0.2, 0) is 6.42 Å². The third-order valence-electron chi connectivity index (χ3n) is 4.71. The Morgan fingerprint density at radius 2 is 1.88 bits per heavy atom. The molecule has 0 bridgehead atoms. The quantitative estimate of drug-likeness (QED) is 0.725. The van der Waals surface area contributed by atoms with Crippen molar-refractivity contribution in [3.05, 3.63) is 89.4 Å². The van der Waals surface area contributed by atoms with Gasteiger partial charge in [0.05, 0.1) is 19.4 Å². The third kappa shape index (κ3) is 2.80. The van der Waals surface area contributed by atoms with Crippen molar-refractivity contribution >= 4 is 5.91 Å². The van der Waals surface area contributed by atoms with Gasteiger partial charge in [0.15, 0.2) is 5.76 Å². The molecule has 1 atom stereocenters. The van der Waals surface area contributed by atoms with Crippen LogP contribution in [0, 0.1) is 0 Å². The summed E-state index contributed by atoms with van der Waals surface area (Å²) in [7, 11) is 1.65. The van der Waals surface area contributed by atoms with Crippen LogP contribution in [0.4, 0.5) is 0 Å². The standard InChI is InChI=1S/C21H19NO3/c1-24-17-10-8-16(9-11-17)20-18-6-3-2-5-15(18)12-13-22(20)21(23)19-7-4-14-25-19/h2-11,14,20H,12-13H2,1H3. The van der Waals surface area contributed by atoms with Gasteiger partial charge < -0.3 is 14.1 Å². The molecular weight excluding hydrogens is 314 g/mol. The number of methoxy groups -OCH3 is 1. The third-order valence-corrected chi connectivity index (χ3v) is 4.71. The number of fused-ring (bicyclic) bond motifs is 1. The smallest absolute Gasteiger partial charge is 0.290 e. The highest BCUT2D eigenvalue weighted by Gasteiger charge is 2.33. The summed E-state index contributed by atoms with van der Waals surface area (Å²) >= 11 is 0. The minimum atomic E-state index is -0.131. The lowest BCUT2D eigenvalue weighted by atomic mass is 9.88. The molecule has 0 saturated heterocycles. The number of nitrogens with zero attached hydrogens (tertiary/aromatic N) is 1. The minimum Gasteiger partial charge on any atom is -0.497 e. The first-order chi connectivity index (χ1) is 12.3. The lowest BCUT2D eigenvalue weighted by molar-refractivity contribution is 0.0662. The summed E-state index contributed by atoms with van der Waals surface area (Å²) in [6.07, 6.45) is 2.38.